The van der Waals surface area contributed by atoms with E-state index in [9.17, 15) is 18.0 Å². The first-order valence-corrected chi connectivity index (χ1v) is 9.81. The lowest BCUT2D eigenvalue weighted by Crippen LogP contribution is -2.42. The molecule has 0 spiro atoms. The SMILES string of the molecule is CCSCCN1CCCC(CNC(=O)c2ccccc2C(F)(F)F)C1. The van der Waals surface area contributed by atoms with Gasteiger partial charge in [-0.2, -0.15) is 24.9 Å². The quantitative estimate of drug-likeness (QED) is 0.735. The highest BCUT2D eigenvalue weighted by molar-refractivity contribution is 7.99. The molecule has 0 saturated carbocycles. The van der Waals surface area contributed by atoms with Crippen LogP contribution in [0.5, 0.6) is 0 Å². The largest absolute Gasteiger partial charge is 0.417 e. The third-order valence-corrected chi connectivity index (χ3v) is 5.27. The molecule has 25 heavy (non-hydrogen) atoms. The van der Waals surface area contributed by atoms with Gasteiger partial charge in [0.1, 0.15) is 0 Å². The van der Waals surface area contributed by atoms with Gasteiger partial charge in [0.25, 0.3) is 5.91 Å². The molecule has 1 amide bonds. The molecule has 0 radical (unpaired) electrons. The van der Waals surface area contributed by atoms with E-state index in [1.54, 1.807) is 0 Å². The lowest BCUT2D eigenvalue weighted by Gasteiger charge is -2.32. The van der Waals surface area contributed by atoms with Crippen LogP contribution in [0.3, 0.4) is 0 Å². The zero-order valence-electron chi connectivity index (χ0n) is 14.4. The number of hydrogen-bond acceptors (Lipinski definition) is 3. The van der Waals surface area contributed by atoms with E-state index in [0.29, 0.717) is 12.5 Å². The van der Waals surface area contributed by atoms with Crippen LogP contribution in [-0.4, -0.2) is 48.5 Å². The molecule has 1 aromatic carbocycles. The summed E-state index contributed by atoms with van der Waals surface area (Å²) in [7, 11) is 0. The molecule has 1 atom stereocenters. The Balaban J connectivity index is 1.88. The Labute approximate surface area is 151 Å². The predicted octanol–water partition coefficient (Wildman–Crippen LogP) is 3.90. The Morgan fingerprint density at radius 1 is 1.36 bits per heavy atom. The maximum Gasteiger partial charge on any atom is 0.417 e. The van der Waals surface area contributed by atoms with Crippen LogP contribution in [0.15, 0.2) is 24.3 Å². The topological polar surface area (TPSA) is 32.3 Å². The number of likely N-dealkylation sites (tertiary alicyclic amines) is 1. The standard InChI is InChI=1S/C18H25F3N2OS/c1-2-25-11-10-23-9-5-6-14(13-23)12-22-17(24)15-7-3-4-8-16(15)18(19,20)21/h3-4,7-8,14H,2,5-6,9-13H2,1H3,(H,22,24). The first-order chi connectivity index (χ1) is 11.9. The number of carbonyl (C=O) groups is 1. The van der Waals surface area contributed by atoms with E-state index in [2.05, 4.69) is 17.1 Å². The van der Waals surface area contributed by atoms with Crippen molar-refractivity contribution in [3.8, 4) is 0 Å². The molecule has 1 N–H and O–H groups in total. The molecule has 140 valence electrons. The number of piperidine rings is 1. The zero-order chi connectivity index (χ0) is 18.3. The molecule has 2 rings (SSSR count). The molecule has 7 heteroatoms. The number of halogens is 3. The Bertz CT molecular complexity index is 565. The van der Waals surface area contributed by atoms with Crippen LogP contribution >= 0.6 is 11.8 Å². The summed E-state index contributed by atoms with van der Waals surface area (Å²) < 4.78 is 39.0. The smallest absolute Gasteiger partial charge is 0.352 e. The number of alkyl halides is 3. The minimum absolute atomic E-state index is 0.294. The number of rotatable bonds is 7. The summed E-state index contributed by atoms with van der Waals surface area (Å²) in [4.78, 5) is 14.6. The van der Waals surface area contributed by atoms with Crippen molar-refractivity contribution in [3.05, 3.63) is 35.4 Å². The molecular formula is C18H25F3N2OS. The Morgan fingerprint density at radius 3 is 2.84 bits per heavy atom. The average molecular weight is 374 g/mol. The minimum atomic E-state index is -4.52. The average Bonchev–Trinajstić information content (AvgIpc) is 2.59. The van der Waals surface area contributed by atoms with E-state index >= 15 is 0 Å². The molecule has 0 aromatic heterocycles. The molecule has 1 aliphatic heterocycles. The van der Waals surface area contributed by atoms with Gasteiger partial charge in [-0.3, -0.25) is 4.79 Å². The number of thioether (sulfide) groups is 1. The van der Waals surface area contributed by atoms with Gasteiger partial charge < -0.3 is 10.2 Å². The van der Waals surface area contributed by atoms with Gasteiger partial charge in [-0.1, -0.05) is 19.1 Å². The van der Waals surface area contributed by atoms with Gasteiger partial charge in [-0.15, -0.1) is 0 Å². The van der Waals surface area contributed by atoms with Gasteiger partial charge >= 0.3 is 6.18 Å². The van der Waals surface area contributed by atoms with Crippen LogP contribution in [-0.2, 0) is 6.18 Å². The fraction of sp³-hybridized carbons (Fsp3) is 0.611. The van der Waals surface area contributed by atoms with E-state index in [1.165, 1.54) is 18.2 Å². The van der Waals surface area contributed by atoms with Crippen molar-refractivity contribution in [2.45, 2.75) is 25.9 Å². The third-order valence-electron chi connectivity index (χ3n) is 4.39. The molecule has 1 aliphatic rings. The number of amides is 1. The van der Waals surface area contributed by atoms with Gasteiger partial charge in [0, 0.05) is 25.4 Å². The van der Waals surface area contributed by atoms with E-state index in [-0.39, 0.29) is 5.56 Å². The van der Waals surface area contributed by atoms with Gasteiger partial charge in [0.05, 0.1) is 11.1 Å². The highest BCUT2D eigenvalue weighted by Crippen LogP contribution is 2.31. The van der Waals surface area contributed by atoms with E-state index in [1.807, 2.05) is 11.8 Å². The first-order valence-electron chi connectivity index (χ1n) is 8.66. The fourth-order valence-electron chi connectivity index (χ4n) is 3.12. The number of hydrogen-bond donors (Lipinski definition) is 1. The minimum Gasteiger partial charge on any atom is -0.352 e. The van der Waals surface area contributed by atoms with Gasteiger partial charge in [-0.25, -0.2) is 0 Å². The molecule has 1 heterocycles. The van der Waals surface area contributed by atoms with Crippen LogP contribution in [0, 0.1) is 5.92 Å². The lowest BCUT2D eigenvalue weighted by atomic mass is 9.97. The molecule has 1 unspecified atom stereocenters. The molecule has 0 bridgehead atoms. The summed E-state index contributed by atoms with van der Waals surface area (Å²) in [6.07, 6.45) is -2.46. The molecule has 1 fully saturated rings. The highest BCUT2D eigenvalue weighted by atomic mass is 32.2. The second kappa shape index (κ2) is 9.48. The summed E-state index contributed by atoms with van der Waals surface area (Å²) in [5, 5.41) is 2.70. The summed E-state index contributed by atoms with van der Waals surface area (Å²) >= 11 is 1.90. The van der Waals surface area contributed by atoms with E-state index in [4.69, 9.17) is 0 Å². The maximum absolute atomic E-state index is 13.0. The lowest BCUT2D eigenvalue weighted by molar-refractivity contribution is -0.137. The van der Waals surface area contributed by atoms with Crippen molar-refractivity contribution < 1.29 is 18.0 Å². The summed E-state index contributed by atoms with van der Waals surface area (Å²) in [5.74, 6) is 1.84. The van der Waals surface area contributed by atoms with Crippen LogP contribution in [0.25, 0.3) is 0 Å². The summed E-state index contributed by atoms with van der Waals surface area (Å²) in [5.41, 5.74) is -1.18. The monoisotopic (exact) mass is 374 g/mol. The Kier molecular flexibility index (Phi) is 7.62. The highest BCUT2D eigenvalue weighted by Gasteiger charge is 2.34. The second-order valence-electron chi connectivity index (χ2n) is 6.26. The maximum atomic E-state index is 13.0. The van der Waals surface area contributed by atoms with Crippen molar-refractivity contribution in [1.29, 1.82) is 0 Å². The zero-order valence-corrected chi connectivity index (χ0v) is 15.3. The molecule has 0 aliphatic carbocycles. The van der Waals surface area contributed by atoms with E-state index in [0.717, 1.165) is 50.0 Å². The number of benzene rings is 1. The fourth-order valence-corrected chi connectivity index (χ4v) is 3.80. The van der Waals surface area contributed by atoms with Crippen LogP contribution in [0.2, 0.25) is 0 Å². The number of nitrogens with zero attached hydrogens (tertiary/aromatic N) is 1. The molecule has 3 nitrogen and oxygen atoms in total. The van der Waals surface area contributed by atoms with Crippen LogP contribution in [0.1, 0.15) is 35.7 Å². The van der Waals surface area contributed by atoms with Gasteiger partial charge in [-0.05, 0) is 43.2 Å². The number of nitrogens with one attached hydrogen (secondary N) is 1. The third kappa shape index (κ3) is 6.22. The predicted molar refractivity (Wildman–Crippen MR) is 95.9 cm³/mol. The number of carbonyl (C=O) groups excluding carboxylic acids is 1. The van der Waals surface area contributed by atoms with Crippen molar-refractivity contribution >= 4 is 17.7 Å². The first kappa shape index (κ1) is 20.1. The van der Waals surface area contributed by atoms with Gasteiger partial charge in [0.2, 0.25) is 0 Å². The Morgan fingerprint density at radius 2 is 2.12 bits per heavy atom. The van der Waals surface area contributed by atoms with Gasteiger partial charge in [0.15, 0.2) is 0 Å². The van der Waals surface area contributed by atoms with E-state index < -0.39 is 17.6 Å². The Hall–Kier alpha value is -1.21. The van der Waals surface area contributed by atoms with Crippen molar-refractivity contribution in [2.24, 2.45) is 5.92 Å². The molecular weight excluding hydrogens is 349 g/mol. The molecule has 1 aromatic rings. The van der Waals surface area contributed by atoms with Crippen LogP contribution < -0.4 is 5.32 Å². The summed E-state index contributed by atoms with van der Waals surface area (Å²) in [6.45, 7) is 5.54. The van der Waals surface area contributed by atoms with Crippen molar-refractivity contribution in [3.63, 3.8) is 0 Å². The van der Waals surface area contributed by atoms with Crippen LogP contribution in [0.4, 0.5) is 13.2 Å². The second-order valence-corrected chi connectivity index (χ2v) is 7.65. The normalized spacial score (nSPS) is 19.0. The van der Waals surface area contributed by atoms with Crippen molar-refractivity contribution in [1.82, 2.24) is 10.2 Å². The summed E-state index contributed by atoms with van der Waals surface area (Å²) in [6, 6.07) is 4.93. The van der Waals surface area contributed by atoms with Crippen molar-refractivity contribution in [2.75, 3.05) is 37.7 Å². The molecule has 1 saturated heterocycles.